The Kier molecular flexibility index (Phi) is 8.61. The zero-order valence-electron chi connectivity index (χ0n) is 29.8. The number of ether oxygens (including phenoxy) is 3. The van der Waals surface area contributed by atoms with Gasteiger partial charge in [-0.25, -0.2) is 9.78 Å². The number of benzene rings is 1. The molecule has 1 aromatic carbocycles. The molecule has 270 valence electrons. The highest BCUT2D eigenvalue weighted by molar-refractivity contribution is 6.04. The highest BCUT2D eigenvalue weighted by Crippen LogP contribution is 2.63. The lowest BCUT2D eigenvalue weighted by Gasteiger charge is -2.58. The molecule has 2 saturated heterocycles. The summed E-state index contributed by atoms with van der Waals surface area (Å²) >= 11 is 0. The molecule has 7 rings (SSSR count). The van der Waals surface area contributed by atoms with Crippen LogP contribution in [0, 0.1) is 11.8 Å². The van der Waals surface area contributed by atoms with E-state index in [-0.39, 0.29) is 42.3 Å². The Morgan fingerprint density at radius 2 is 1.96 bits per heavy atom. The Hall–Kier alpha value is -4.17. The van der Waals surface area contributed by atoms with Gasteiger partial charge in [0, 0.05) is 44.1 Å². The molecule has 2 aromatic rings. The van der Waals surface area contributed by atoms with Gasteiger partial charge in [0.1, 0.15) is 23.1 Å². The smallest absolute Gasteiger partial charge is 0.412 e. The van der Waals surface area contributed by atoms with Crippen LogP contribution in [0.2, 0.25) is 0 Å². The fraction of sp³-hybridized carbons (Fsp3) is 0.639. The zero-order chi connectivity index (χ0) is 35.6. The molecule has 1 spiro atoms. The number of likely N-dealkylation sites (N-methyl/N-ethyl adjacent to an activating group) is 1. The molecule has 14 nitrogen and oxygen atoms in total. The summed E-state index contributed by atoms with van der Waals surface area (Å²) in [6, 6.07) is 5.10. The number of hydrogen-bond donors (Lipinski definition) is 3. The number of aromatic nitrogens is 2. The molecule has 4 fully saturated rings. The van der Waals surface area contributed by atoms with Crippen LogP contribution < -0.4 is 25.2 Å². The molecular formula is C36H49N7O7. The molecule has 2 bridgehead atoms. The number of piperidine rings is 1. The van der Waals surface area contributed by atoms with Crippen LogP contribution in [0.25, 0.3) is 0 Å². The highest BCUT2D eigenvalue weighted by atomic mass is 16.6. The van der Waals surface area contributed by atoms with Crippen molar-refractivity contribution in [2.24, 2.45) is 11.8 Å². The fourth-order valence-corrected chi connectivity index (χ4v) is 9.05. The lowest BCUT2D eigenvalue weighted by Crippen LogP contribution is -2.74. The Balaban J connectivity index is 1.11. The van der Waals surface area contributed by atoms with Gasteiger partial charge in [0.25, 0.3) is 5.91 Å². The molecule has 2 saturated carbocycles. The first-order chi connectivity index (χ1) is 23.9. The summed E-state index contributed by atoms with van der Waals surface area (Å²) < 4.78 is 17.5. The van der Waals surface area contributed by atoms with Crippen molar-refractivity contribution in [3.05, 3.63) is 30.0 Å². The van der Waals surface area contributed by atoms with E-state index < -0.39 is 23.0 Å². The van der Waals surface area contributed by atoms with Gasteiger partial charge in [0.05, 0.1) is 37.1 Å². The lowest BCUT2D eigenvalue weighted by atomic mass is 9.72. The average Bonchev–Trinajstić information content (AvgIpc) is 3.78. The fourth-order valence-electron chi connectivity index (χ4n) is 9.05. The predicted molar refractivity (Wildman–Crippen MR) is 186 cm³/mol. The minimum atomic E-state index is -0.859. The summed E-state index contributed by atoms with van der Waals surface area (Å²) in [5.41, 5.74) is -0.616. The molecule has 3 aliphatic heterocycles. The van der Waals surface area contributed by atoms with Crippen molar-refractivity contribution in [2.75, 3.05) is 49.0 Å². The van der Waals surface area contributed by atoms with Gasteiger partial charge in [-0.05, 0) is 64.7 Å². The number of nitrogens with one attached hydrogen (secondary N) is 2. The second-order valence-electron chi connectivity index (χ2n) is 15.3. The van der Waals surface area contributed by atoms with Gasteiger partial charge in [-0.3, -0.25) is 14.5 Å². The second kappa shape index (κ2) is 12.6. The average molecular weight is 692 g/mol. The van der Waals surface area contributed by atoms with E-state index in [2.05, 4.69) is 20.5 Å². The van der Waals surface area contributed by atoms with Crippen molar-refractivity contribution < 1.29 is 33.7 Å². The molecule has 4 heterocycles. The number of carbonyl (C=O) groups excluding carboxylic acids is 3. The summed E-state index contributed by atoms with van der Waals surface area (Å²) in [5, 5.41) is 16.7. The number of hydrogen-bond acceptors (Lipinski definition) is 11. The van der Waals surface area contributed by atoms with E-state index in [9.17, 15) is 19.5 Å². The first-order valence-electron chi connectivity index (χ1n) is 17.8. The molecule has 3 N–H and O–H groups in total. The molecule has 1 aromatic heterocycles. The van der Waals surface area contributed by atoms with Crippen LogP contribution in [-0.4, -0.2) is 101 Å². The number of fused-ring (bicyclic) bond motifs is 2. The van der Waals surface area contributed by atoms with Crippen molar-refractivity contribution in [1.82, 2.24) is 20.2 Å². The minimum Gasteiger partial charge on any atom is -0.495 e. The largest absolute Gasteiger partial charge is 0.495 e. The summed E-state index contributed by atoms with van der Waals surface area (Å²) in [6.07, 6.45) is 7.14. The molecular weight excluding hydrogens is 642 g/mol. The summed E-state index contributed by atoms with van der Waals surface area (Å²) in [6.45, 7) is 8.12. The predicted octanol–water partition coefficient (Wildman–Crippen LogP) is 4.20. The number of carbonyl (C=O) groups is 3. The number of aliphatic hydroxyl groups excluding tert-OH is 1. The van der Waals surface area contributed by atoms with Gasteiger partial charge in [-0.1, -0.05) is 19.8 Å². The Morgan fingerprint density at radius 3 is 2.60 bits per heavy atom. The number of rotatable bonds is 9. The molecule has 50 heavy (non-hydrogen) atoms. The van der Waals surface area contributed by atoms with Crippen molar-refractivity contribution >= 4 is 41.0 Å². The summed E-state index contributed by atoms with van der Waals surface area (Å²) in [7, 11) is 3.31. The summed E-state index contributed by atoms with van der Waals surface area (Å²) in [4.78, 5) is 55.3. The first kappa shape index (κ1) is 34.3. The second-order valence-corrected chi connectivity index (χ2v) is 15.3. The van der Waals surface area contributed by atoms with Gasteiger partial charge in [0.2, 0.25) is 11.9 Å². The SMILES string of the molecule is CC[C@@H]1C(=O)N(C)c2cnc(Nc3ccc(C(=O)NC4(CCO)C5CN(C(=O)OC(C)(C)C)C6(C5)OCC46)cc3OC)nc2N1C1CCCC1. The van der Waals surface area contributed by atoms with Crippen LogP contribution in [0.4, 0.5) is 27.9 Å². The van der Waals surface area contributed by atoms with E-state index in [0.29, 0.717) is 61.1 Å². The number of amides is 3. The molecule has 2 aliphatic carbocycles. The number of likely N-dealkylation sites (tertiary alicyclic amines) is 1. The van der Waals surface area contributed by atoms with Gasteiger partial charge >= 0.3 is 6.09 Å². The minimum absolute atomic E-state index is 0.0540. The maximum atomic E-state index is 13.9. The van der Waals surface area contributed by atoms with Gasteiger partial charge in [-0.15, -0.1) is 0 Å². The number of aliphatic hydroxyl groups is 1. The number of anilines is 4. The third kappa shape index (κ3) is 5.42. The van der Waals surface area contributed by atoms with Crippen LogP contribution in [-0.2, 0) is 14.3 Å². The van der Waals surface area contributed by atoms with E-state index in [0.717, 1.165) is 31.5 Å². The molecule has 14 heteroatoms. The first-order valence-corrected chi connectivity index (χ1v) is 17.8. The molecule has 4 unspecified atom stereocenters. The van der Waals surface area contributed by atoms with E-state index >= 15 is 0 Å². The number of methoxy groups -OCH3 is 1. The van der Waals surface area contributed by atoms with Crippen molar-refractivity contribution in [2.45, 2.75) is 102 Å². The topological polar surface area (TPSA) is 159 Å². The Labute approximate surface area is 292 Å². The highest BCUT2D eigenvalue weighted by Gasteiger charge is 2.76. The maximum Gasteiger partial charge on any atom is 0.412 e. The molecule has 3 amide bonds. The third-order valence-corrected chi connectivity index (χ3v) is 11.4. The Morgan fingerprint density at radius 1 is 1.20 bits per heavy atom. The van der Waals surface area contributed by atoms with Crippen molar-refractivity contribution in [1.29, 1.82) is 0 Å². The van der Waals surface area contributed by atoms with Gasteiger partial charge < -0.3 is 39.8 Å². The third-order valence-electron chi connectivity index (χ3n) is 11.4. The lowest BCUT2D eigenvalue weighted by molar-refractivity contribution is -0.273. The monoisotopic (exact) mass is 691 g/mol. The van der Waals surface area contributed by atoms with Gasteiger partial charge in [0.15, 0.2) is 11.5 Å². The van der Waals surface area contributed by atoms with Gasteiger partial charge in [-0.2, -0.15) is 4.98 Å². The zero-order valence-corrected chi connectivity index (χ0v) is 29.8. The van der Waals surface area contributed by atoms with E-state index in [1.165, 1.54) is 7.11 Å². The normalized spacial score (nSPS) is 28.7. The quantitative estimate of drug-likeness (QED) is 0.346. The number of nitrogens with zero attached hydrogens (tertiary/aromatic N) is 5. The van der Waals surface area contributed by atoms with Crippen LogP contribution >= 0.6 is 0 Å². The summed E-state index contributed by atoms with van der Waals surface area (Å²) in [5.74, 6) is 0.958. The Bertz CT molecular complexity index is 1680. The van der Waals surface area contributed by atoms with Crippen LogP contribution in [0.1, 0.15) is 83.0 Å². The van der Waals surface area contributed by atoms with E-state index in [1.807, 2.05) is 27.7 Å². The van der Waals surface area contributed by atoms with E-state index in [1.54, 1.807) is 41.2 Å². The van der Waals surface area contributed by atoms with Crippen LogP contribution in [0.15, 0.2) is 24.4 Å². The molecule has 0 radical (unpaired) electrons. The van der Waals surface area contributed by atoms with Crippen LogP contribution in [0.5, 0.6) is 5.75 Å². The van der Waals surface area contributed by atoms with E-state index in [4.69, 9.17) is 19.2 Å². The van der Waals surface area contributed by atoms with Crippen molar-refractivity contribution in [3.63, 3.8) is 0 Å². The standard InChI is InChI=1S/C36H49N7O7/c1-7-25-31(46)41(5)26-18-37-32(39-29(26)43(25)23-10-8-9-11-23)38-24-13-12-21(16-27(24)48-6)30(45)40-35(14-15-44)22-17-36(28(35)20-49-36)42(19-22)33(47)50-34(2,3)4/h12-13,16,18,22-23,25,28,44H,7-11,14-15,17,19-20H2,1-6H3,(H,40,45)(H,37,38,39)/t22?,25-,28?,35?,36?/m1/s1. The maximum absolute atomic E-state index is 13.9. The molecule has 5 atom stereocenters. The molecule has 5 aliphatic rings. The van der Waals surface area contributed by atoms with Crippen LogP contribution in [0.3, 0.4) is 0 Å². The van der Waals surface area contributed by atoms with Crippen molar-refractivity contribution in [3.8, 4) is 5.75 Å².